The third kappa shape index (κ3) is 1.35. The summed E-state index contributed by atoms with van der Waals surface area (Å²) in [5, 5.41) is 3.48. The molecule has 0 bridgehead atoms. The van der Waals surface area contributed by atoms with Crippen LogP contribution in [0, 0.1) is 0 Å². The Hall–Kier alpha value is -2.22. The van der Waals surface area contributed by atoms with E-state index < -0.39 is 0 Å². The third-order valence-electron chi connectivity index (χ3n) is 3.71. The lowest BCUT2D eigenvalue weighted by Gasteiger charge is -2.37. The first-order chi connectivity index (χ1) is 8.92. The van der Waals surface area contributed by atoms with Crippen molar-refractivity contribution in [2.45, 2.75) is 6.54 Å². The van der Waals surface area contributed by atoms with Gasteiger partial charge in [0.2, 0.25) is 0 Å². The number of para-hydroxylation sites is 1. The number of nitrogens with zero attached hydrogens (tertiary/aromatic N) is 1. The molecule has 88 valence electrons. The molecule has 0 amide bonds. The molecule has 0 fully saturated rings. The highest BCUT2D eigenvalue weighted by molar-refractivity contribution is 5.89. The van der Waals surface area contributed by atoms with Gasteiger partial charge in [0.05, 0.1) is 6.67 Å². The number of benzene rings is 2. The Kier molecular flexibility index (Phi) is 1.97. The Balaban J connectivity index is 1.91. The van der Waals surface area contributed by atoms with Gasteiger partial charge in [0.1, 0.15) is 0 Å². The number of fused-ring (bicyclic) bond motifs is 4. The Morgan fingerprint density at radius 2 is 1.78 bits per heavy atom. The summed E-state index contributed by atoms with van der Waals surface area (Å²) in [6.07, 6.45) is 2.30. The Morgan fingerprint density at radius 3 is 2.78 bits per heavy atom. The minimum Gasteiger partial charge on any atom is -0.367 e. The third-order valence-corrected chi connectivity index (χ3v) is 3.71. The number of anilines is 1. The fraction of sp³-hybridized carbons (Fsp3) is 0.125. The number of hydrogen-bond donors (Lipinski definition) is 1. The van der Waals surface area contributed by atoms with Gasteiger partial charge in [0, 0.05) is 23.5 Å². The fourth-order valence-corrected chi connectivity index (χ4v) is 2.78. The molecule has 2 heterocycles. The van der Waals surface area contributed by atoms with E-state index in [1.54, 1.807) is 0 Å². The van der Waals surface area contributed by atoms with E-state index in [-0.39, 0.29) is 0 Å². The molecule has 18 heavy (non-hydrogen) atoms. The first kappa shape index (κ1) is 9.77. The summed E-state index contributed by atoms with van der Waals surface area (Å²) in [5.74, 6) is 0. The number of nitrogens with one attached hydrogen (secondary N) is 1. The summed E-state index contributed by atoms with van der Waals surface area (Å²) >= 11 is 0. The number of rotatable bonds is 0. The largest absolute Gasteiger partial charge is 0.367 e. The van der Waals surface area contributed by atoms with Crippen molar-refractivity contribution < 1.29 is 0 Å². The topological polar surface area (TPSA) is 15.3 Å². The second-order valence-electron chi connectivity index (χ2n) is 4.81. The van der Waals surface area contributed by atoms with Crippen LogP contribution in [0.15, 0.2) is 48.5 Å². The molecule has 2 heteroatoms. The molecular weight excluding hydrogens is 220 g/mol. The Labute approximate surface area is 107 Å². The zero-order valence-corrected chi connectivity index (χ0v) is 10.1. The highest BCUT2D eigenvalue weighted by Crippen LogP contribution is 2.36. The molecule has 2 aliphatic heterocycles. The van der Waals surface area contributed by atoms with Crippen LogP contribution in [0.4, 0.5) is 5.69 Å². The predicted octanol–water partition coefficient (Wildman–Crippen LogP) is 3.38. The minimum atomic E-state index is 0.886. The first-order valence-corrected chi connectivity index (χ1v) is 6.30. The SMILES string of the molecule is C1=C2c3ccccc3NCN2Cc2ccccc21. The highest BCUT2D eigenvalue weighted by atomic mass is 15.3. The van der Waals surface area contributed by atoms with E-state index in [1.165, 1.54) is 28.1 Å². The van der Waals surface area contributed by atoms with Gasteiger partial charge in [-0.3, -0.25) is 0 Å². The van der Waals surface area contributed by atoms with E-state index >= 15 is 0 Å². The van der Waals surface area contributed by atoms with E-state index in [9.17, 15) is 0 Å². The molecule has 2 aliphatic rings. The Bertz CT molecular complexity index is 643. The standard InChI is InChI=1S/C16H14N2/c1-2-6-13-10-18-11-17-15-8-4-3-7-14(15)16(18)9-12(13)5-1/h1-9,17H,10-11H2. The van der Waals surface area contributed by atoms with Crippen LogP contribution in [-0.2, 0) is 6.54 Å². The highest BCUT2D eigenvalue weighted by Gasteiger charge is 2.23. The molecular formula is C16H14N2. The molecule has 0 saturated heterocycles. The lowest BCUT2D eigenvalue weighted by atomic mass is 9.96. The van der Waals surface area contributed by atoms with Gasteiger partial charge in [-0.1, -0.05) is 42.5 Å². The summed E-state index contributed by atoms with van der Waals surface area (Å²) in [7, 11) is 0. The average molecular weight is 234 g/mol. The van der Waals surface area contributed by atoms with Gasteiger partial charge in [-0.05, 0) is 23.3 Å². The number of hydrogen-bond acceptors (Lipinski definition) is 2. The van der Waals surface area contributed by atoms with Gasteiger partial charge in [-0.15, -0.1) is 0 Å². The Morgan fingerprint density at radius 1 is 0.944 bits per heavy atom. The van der Waals surface area contributed by atoms with E-state index in [2.05, 4.69) is 64.8 Å². The molecule has 0 saturated carbocycles. The van der Waals surface area contributed by atoms with Crippen LogP contribution in [0.2, 0.25) is 0 Å². The van der Waals surface area contributed by atoms with Crippen molar-refractivity contribution in [1.29, 1.82) is 0 Å². The van der Waals surface area contributed by atoms with Gasteiger partial charge in [0.15, 0.2) is 0 Å². The van der Waals surface area contributed by atoms with Crippen molar-refractivity contribution in [1.82, 2.24) is 4.90 Å². The maximum absolute atomic E-state index is 3.48. The second-order valence-corrected chi connectivity index (χ2v) is 4.81. The van der Waals surface area contributed by atoms with Crippen LogP contribution in [-0.4, -0.2) is 11.6 Å². The van der Waals surface area contributed by atoms with Gasteiger partial charge in [-0.2, -0.15) is 0 Å². The van der Waals surface area contributed by atoms with Crippen molar-refractivity contribution in [2.24, 2.45) is 0 Å². The van der Waals surface area contributed by atoms with Crippen molar-refractivity contribution in [2.75, 3.05) is 12.0 Å². The molecule has 0 spiro atoms. The average Bonchev–Trinajstić information content (AvgIpc) is 2.45. The van der Waals surface area contributed by atoms with Crippen LogP contribution < -0.4 is 5.32 Å². The van der Waals surface area contributed by atoms with E-state index in [4.69, 9.17) is 0 Å². The molecule has 0 radical (unpaired) electrons. The van der Waals surface area contributed by atoms with Crippen LogP contribution in [0.1, 0.15) is 16.7 Å². The maximum Gasteiger partial charge on any atom is 0.0880 e. The van der Waals surface area contributed by atoms with Gasteiger partial charge >= 0.3 is 0 Å². The van der Waals surface area contributed by atoms with Crippen LogP contribution in [0.3, 0.4) is 0 Å². The summed E-state index contributed by atoms with van der Waals surface area (Å²) in [6, 6.07) is 17.2. The normalized spacial score (nSPS) is 16.0. The lowest BCUT2D eigenvalue weighted by molar-refractivity contribution is 0.409. The van der Waals surface area contributed by atoms with Crippen molar-refractivity contribution >= 4 is 17.5 Å². The summed E-state index contributed by atoms with van der Waals surface area (Å²) in [5.41, 5.74) is 6.63. The summed E-state index contributed by atoms with van der Waals surface area (Å²) in [6.45, 7) is 1.88. The minimum absolute atomic E-state index is 0.886. The van der Waals surface area contributed by atoms with Crippen molar-refractivity contribution in [3.05, 3.63) is 65.2 Å². The summed E-state index contributed by atoms with van der Waals surface area (Å²) < 4.78 is 0. The van der Waals surface area contributed by atoms with Crippen LogP contribution in [0.5, 0.6) is 0 Å². The first-order valence-electron chi connectivity index (χ1n) is 6.30. The molecule has 0 atom stereocenters. The molecule has 4 rings (SSSR count). The monoisotopic (exact) mass is 234 g/mol. The van der Waals surface area contributed by atoms with Crippen LogP contribution >= 0.6 is 0 Å². The fourth-order valence-electron chi connectivity index (χ4n) is 2.78. The maximum atomic E-state index is 3.48. The molecule has 2 nitrogen and oxygen atoms in total. The van der Waals surface area contributed by atoms with E-state index in [0.29, 0.717) is 0 Å². The predicted molar refractivity (Wildman–Crippen MR) is 74.8 cm³/mol. The van der Waals surface area contributed by atoms with Gasteiger partial charge < -0.3 is 10.2 Å². The molecule has 0 unspecified atom stereocenters. The lowest BCUT2D eigenvalue weighted by Crippen LogP contribution is -2.33. The smallest absolute Gasteiger partial charge is 0.0880 e. The van der Waals surface area contributed by atoms with Gasteiger partial charge in [-0.25, -0.2) is 0 Å². The van der Waals surface area contributed by atoms with Gasteiger partial charge in [0.25, 0.3) is 0 Å². The zero-order valence-electron chi connectivity index (χ0n) is 10.1. The second kappa shape index (κ2) is 3.64. The van der Waals surface area contributed by atoms with E-state index in [0.717, 1.165) is 13.2 Å². The molecule has 0 aliphatic carbocycles. The molecule has 0 aromatic heterocycles. The molecule has 2 aromatic carbocycles. The van der Waals surface area contributed by atoms with Crippen molar-refractivity contribution in [3.63, 3.8) is 0 Å². The molecule has 1 N–H and O–H groups in total. The van der Waals surface area contributed by atoms with E-state index in [1.807, 2.05) is 0 Å². The van der Waals surface area contributed by atoms with Crippen molar-refractivity contribution in [3.8, 4) is 0 Å². The summed E-state index contributed by atoms with van der Waals surface area (Å²) in [4.78, 5) is 2.39. The zero-order chi connectivity index (χ0) is 11.9. The van der Waals surface area contributed by atoms with Crippen LogP contribution in [0.25, 0.3) is 11.8 Å². The quantitative estimate of drug-likeness (QED) is 0.751. The molecule has 2 aromatic rings.